The van der Waals surface area contributed by atoms with Crippen LogP contribution in [-0.4, -0.2) is 37.6 Å². The van der Waals surface area contributed by atoms with E-state index in [9.17, 15) is 0 Å². The van der Waals surface area contributed by atoms with Gasteiger partial charge in [0.1, 0.15) is 0 Å². The van der Waals surface area contributed by atoms with Crippen LogP contribution in [0, 0.1) is 5.41 Å². The molecule has 1 saturated heterocycles. The lowest BCUT2D eigenvalue weighted by molar-refractivity contribution is 0.258. The molecule has 0 spiro atoms. The Morgan fingerprint density at radius 1 is 1.06 bits per heavy atom. The highest BCUT2D eigenvalue weighted by Crippen LogP contribution is 2.43. The molecule has 0 bridgehead atoms. The van der Waals surface area contributed by atoms with Gasteiger partial charge < -0.3 is 4.90 Å². The zero-order valence-electron chi connectivity index (χ0n) is 20.9. The number of nitrogens with zero attached hydrogens (tertiary/aromatic N) is 2. The number of aryl methyl sites for hydroxylation is 1. The van der Waals surface area contributed by atoms with Crippen LogP contribution in [0.15, 0.2) is 58.7 Å². The minimum absolute atomic E-state index is 0.396. The van der Waals surface area contributed by atoms with Crippen molar-refractivity contribution in [2.45, 2.75) is 65.7 Å². The zero-order chi connectivity index (χ0) is 23.4. The molecule has 3 aliphatic rings. The van der Waals surface area contributed by atoms with Crippen molar-refractivity contribution in [3.63, 3.8) is 0 Å². The van der Waals surface area contributed by atoms with Crippen molar-refractivity contribution in [3.05, 3.63) is 69.8 Å². The summed E-state index contributed by atoms with van der Waals surface area (Å²) >= 11 is 6.36. The number of hydrogen-bond acceptors (Lipinski definition) is 2. The third kappa shape index (κ3) is 6.03. The van der Waals surface area contributed by atoms with Crippen LogP contribution in [0.3, 0.4) is 0 Å². The molecule has 0 unspecified atom stereocenters. The summed E-state index contributed by atoms with van der Waals surface area (Å²) in [6, 6.07) is 6.87. The van der Waals surface area contributed by atoms with E-state index in [2.05, 4.69) is 67.5 Å². The van der Waals surface area contributed by atoms with Gasteiger partial charge in [0.05, 0.1) is 0 Å². The SMILES string of the molecule is C=Cc1ccc(N2CCN(CC3=C(C4=CC=C(Cl)CCC4)CC(C)(C)CC3)CC2)cc1CC. The van der Waals surface area contributed by atoms with Gasteiger partial charge in [0.2, 0.25) is 0 Å². The summed E-state index contributed by atoms with van der Waals surface area (Å²) in [5, 5.41) is 1.01. The molecule has 1 fully saturated rings. The predicted octanol–water partition coefficient (Wildman–Crippen LogP) is 7.75. The van der Waals surface area contributed by atoms with Crippen molar-refractivity contribution < 1.29 is 0 Å². The highest BCUT2D eigenvalue weighted by molar-refractivity contribution is 6.29. The number of halogens is 1. The normalized spacial score (nSPS) is 22.0. The molecule has 0 radical (unpaired) electrons. The highest BCUT2D eigenvalue weighted by Gasteiger charge is 2.30. The Morgan fingerprint density at radius 3 is 2.58 bits per heavy atom. The Bertz CT molecular complexity index is 958. The van der Waals surface area contributed by atoms with Crippen LogP contribution >= 0.6 is 11.6 Å². The molecule has 0 aromatic heterocycles. The van der Waals surface area contributed by atoms with E-state index in [0.717, 1.165) is 57.0 Å². The fourth-order valence-electron chi connectivity index (χ4n) is 5.63. The summed E-state index contributed by atoms with van der Waals surface area (Å²) in [4.78, 5) is 5.24. The van der Waals surface area contributed by atoms with E-state index in [0.29, 0.717) is 5.41 Å². The molecule has 1 aromatic carbocycles. The van der Waals surface area contributed by atoms with Crippen molar-refractivity contribution in [1.82, 2.24) is 4.90 Å². The maximum atomic E-state index is 6.36. The number of benzene rings is 1. The van der Waals surface area contributed by atoms with Crippen LogP contribution in [-0.2, 0) is 6.42 Å². The van der Waals surface area contributed by atoms with Crippen LogP contribution in [0.4, 0.5) is 5.69 Å². The molecule has 4 rings (SSSR count). The molecular weight excluding hydrogens is 424 g/mol. The fraction of sp³-hybridized carbons (Fsp3) is 0.533. The minimum Gasteiger partial charge on any atom is -0.369 e. The Morgan fingerprint density at radius 2 is 1.85 bits per heavy atom. The van der Waals surface area contributed by atoms with Crippen molar-refractivity contribution in [1.29, 1.82) is 0 Å². The number of piperazine rings is 1. The summed E-state index contributed by atoms with van der Waals surface area (Å²) < 4.78 is 0. The molecule has 2 nitrogen and oxygen atoms in total. The lowest BCUT2D eigenvalue weighted by Gasteiger charge is -2.39. The fourth-order valence-corrected chi connectivity index (χ4v) is 5.83. The molecule has 178 valence electrons. The Balaban J connectivity index is 1.46. The van der Waals surface area contributed by atoms with Gasteiger partial charge >= 0.3 is 0 Å². The molecule has 1 aromatic rings. The Labute approximate surface area is 206 Å². The summed E-state index contributed by atoms with van der Waals surface area (Å²) in [7, 11) is 0. The standard InChI is InChI=1S/C30H41ClN2/c1-5-23-11-13-28(20-24(23)6-2)33-18-16-32(17-19-33)22-26-14-15-30(3,4)21-29(26)25-8-7-9-27(31)12-10-25/h5,10-13,20H,1,6-9,14-19,21-22H2,2-4H3. The van der Waals surface area contributed by atoms with Crippen molar-refractivity contribution in [2.75, 3.05) is 37.6 Å². The second kappa shape index (κ2) is 10.7. The largest absolute Gasteiger partial charge is 0.369 e. The molecule has 1 aliphatic heterocycles. The van der Waals surface area contributed by atoms with E-state index in [1.165, 1.54) is 42.5 Å². The van der Waals surface area contributed by atoms with Gasteiger partial charge in [0.25, 0.3) is 0 Å². The quantitative estimate of drug-likeness (QED) is 0.424. The lowest BCUT2D eigenvalue weighted by Crippen LogP contribution is -2.47. The highest BCUT2D eigenvalue weighted by atomic mass is 35.5. The van der Waals surface area contributed by atoms with Gasteiger partial charge in [0.15, 0.2) is 0 Å². The molecule has 3 heteroatoms. The van der Waals surface area contributed by atoms with Crippen LogP contribution in [0.2, 0.25) is 0 Å². The van der Waals surface area contributed by atoms with Gasteiger partial charge in [-0.15, -0.1) is 0 Å². The molecule has 33 heavy (non-hydrogen) atoms. The molecule has 1 heterocycles. The van der Waals surface area contributed by atoms with Crippen molar-refractivity contribution in [2.24, 2.45) is 5.41 Å². The molecular formula is C30H41ClN2. The topological polar surface area (TPSA) is 6.48 Å². The van der Waals surface area contributed by atoms with Crippen molar-refractivity contribution >= 4 is 23.4 Å². The summed E-state index contributed by atoms with van der Waals surface area (Å²) in [6.07, 6.45) is 14.6. The smallest absolute Gasteiger partial charge is 0.0370 e. The Hall–Kier alpha value is -1.77. The lowest BCUT2D eigenvalue weighted by atomic mass is 9.71. The summed E-state index contributed by atoms with van der Waals surface area (Å²) in [5.74, 6) is 0. The molecule has 0 saturated carbocycles. The summed E-state index contributed by atoms with van der Waals surface area (Å²) in [5.41, 5.74) is 9.30. The average Bonchev–Trinajstić information content (AvgIpc) is 3.04. The minimum atomic E-state index is 0.396. The van der Waals surface area contributed by atoms with Gasteiger partial charge in [-0.05, 0) is 90.8 Å². The monoisotopic (exact) mass is 464 g/mol. The first kappa shape index (κ1) is 24.4. The van der Waals surface area contributed by atoms with E-state index in [1.807, 2.05) is 6.08 Å². The molecule has 0 atom stereocenters. The van der Waals surface area contributed by atoms with E-state index in [4.69, 9.17) is 11.6 Å². The van der Waals surface area contributed by atoms with E-state index in [1.54, 1.807) is 16.7 Å². The number of allylic oxidation sites excluding steroid dienone is 5. The molecule has 2 aliphatic carbocycles. The number of hydrogen-bond donors (Lipinski definition) is 0. The first-order chi connectivity index (χ1) is 15.9. The van der Waals surface area contributed by atoms with E-state index in [-0.39, 0.29) is 0 Å². The number of rotatable bonds is 6. The van der Waals surface area contributed by atoms with Crippen LogP contribution in [0.1, 0.15) is 70.4 Å². The van der Waals surface area contributed by atoms with Crippen LogP contribution in [0.5, 0.6) is 0 Å². The number of anilines is 1. The first-order valence-corrected chi connectivity index (χ1v) is 13.3. The van der Waals surface area contributed by atoms with Crippen LogP contribution in [0.25, 0.3) is 6.08 Å². The van der Waals surface area contributed by atoms with E-state index >= 15 is 0 Å². The first-order valence-electron chi connectivity index (χ1n) is 12.9. The molecule has 0 amide bonds. The van der Waals surface area contributed by atoms with Gasteiger partial charge in [0, 0.05) is 43.4 Å². The van der Waals surface area contributed by atoms with Gasteiger partial charge in [-0.3, -0.25) is 4.90 Å². The second-order valence-electron chi connectivity index (χ2n) is 10.8. The predicted molar refractivity (Wildman–Crippen MR) is 145 cm³/mol. The third-order valence-corrected chi connectivity index (χ3v) is 8.09. The van der Waals surface area contributed by atoms with Gasteiger partial charge in [-0.2, -0.15) is 0 Å². The second-order valence-corrected chi connectivity index (χ2v) is 11.3. The maximum absolute atomic E-state index is 6.36. The third-order valence-electron chi connectivity index (χ3n) is 7.78. The summed E-state index contributed by atoms with van der Waals surface area (Å²) in [6.45, 7) is 16.7. The van der Waals surface area contributed by atoms with Gasteiger partial charge in [-0.25, -0.2) is 0 Å². The zero-order valence-corrected chi connectivity index (χ0v) is 21.7. The van der Waals surface area contributed by atoms with E-state index < -0.39 is 0 Å². The van der Waals surface area contributed by atoms with Crippen LogP contribution < -0.4 is 4.90 Å². The van der Waals surface area contributed by atoms with Gasteiger partial charge in [-0.1, -0.05) is 62.7 Å². The average molecular weight is 465 g/mol. The Kier molecular flexibility index (Phi) is 7.87. The van der Waals surface area contributed by atoms with Crippen molar-refractivity contribution in [3.8, 4) is 0 Å². The molecule has 0 N–H and O–H groups in total. The maximum Gasteiger partial charge on any atom is 0.0370 e.